The van der Waals surface area contributed by atoms with Crippen LogP contribution in [0.1, 0.15) is 28.4 Å². The number of amides is 1. The number of rotatable bonds is 7. The summed E-state index contributed by atoms with van der Waals surface area (Å²) < 4.78 is 27.7. The number of aromatic nitrogens is 1. The van der Waals surface area contributed by atoms with Crippen molar-refractivity contribution in [3.8, 4) is 0 Å². The minimum Gasteiger partial charge on any atom is -0.322 e. The Balaban J connectivity index is 1.76. The maximum atomic E-state index is 12.6. The lowest BCUT2D eigenvalue weighted by molar-refractivity contribution is 0.102. The van der Waals surface area contributed by atoms with Gasteiger partial charge in [0, 0.05) is 30.2 Å². The molecule has 3 rings (SSSR count). The van der Waals surface area contributed by atoms with E-state index in [1.54, 1.807) is 36.7 Å². The average molecular weight is 395 g/mol. The molecule has 0 atom stereocenters. The van der Waals surface area contributed by atoms with Crippen LogP contribution in [0.2, 0.25) is 0 Å². The number of nitrogens with one attached hydrogen (secondary N) is 2. The van der Waals surface area contributed by atoms with Gasteiger partial charge < -0.3 is 5.32 Å². The summed E-state index contributed by atoms with van der Waals surface area (Å²) in [4.78, 5) is 16.6. The van der Waals surface area contributed by atoms with Crippen LogP contribution in [0, 0.1) is 0 Å². The van der Waals surface area contributed by atoms with Crippen LogP contribution in [0.15, 0.2) is 78.0 Å². The molecule has 0 saturated heterocycles. The number of aryl methyl sites for hydroxylation is 1. The predicted molar refractivity (Wildman–Crippen MR) is 108 cm³/mol. The first kappa shape index (κ1) is 19.7. The monoisotopic (exact) mass is 395 g/mol. The van der Waals surface area contributed by atoms with E-state index in [0.29, 0.717) is 0 Å². The molecule has 144 valence electrons. The number of nitrogens with zero attached hydrogens (tertiary/aromatic N) is 1. The summed E-state index contributed by atoms with van der Waals surface area (Å²) >= 11 is 0. The van der Waals surface area contributed by atoms with Crippen molar-refractivity contribution in [3.63, 3.8) is 0 Å². The van der Waals surface area contributed by atoms with Crippen molar-refractivity contribution in [3.05, 3.63) is 89.7 Å². The van der Waals surface area contributed by atoms with Crippen molar-refractivity contribution in [2.75, 3.05) is 5.32 Å². The smallest absolute Gasteiger partial charge is 0.255 e. The van der Waals surface area contributed by atoms with Gasteiger partial charge in [0.2, 0.25) is 10.0 Å². The largest absolute Gasteiger partial charge is 0.322 e. The molecular weight excluding hydrogens is 374 g/mol. The number of hydrogen-bond donors (Lipinski definition) is 2. The number of carbonyl (C=O) groups excluding carboxylic acids is 1. The second-order valence-corrected chi connectivity index (χ2v) is 7.94. The van der Waals surface area contributed by atoms with Gasteiger partial charge in [-0.3, -0.25) is 9.78 Å². The van der Waals surface area contributed by atoms with Crippen LogP contribution < -0.4 is 10.0 Å². The third kappa shape index (κ3) is 4.82. The molecular formula is C21H21N3O3S. The molecule has 0 aliphatic heterocycles. The van der Waals surface area contributed by atoms with Gasteiger partial charge in [-0.1, -0.05) is 31.2 Å². The molecule has 0 radical (unpaired) electrons. The number of sulfonamides is 1. The standard InChI is InChI=1S/C21H21N3O3S/c1-2-17-6-3-4-9-20(17)24-21(25)18-7-5-8-19(14-18)28(26,27)23-15-16-10-12-22-13-11-16/h3-14,23H,2,15H2,1H3,(H,24,25). The second kappa shape index (κ2) is 8.77. The zero-order valence-corrected chi connectivity index (χ0v) is 16.2. The molecule has 2 aromatic carbocycles. The molecule has 0 bridgehead atoms. The predicted octanol–water partition coefficient (Wildman–Crippen LogP) is 3.37. The maximum Gasteiger partial charge on any atom is 0.255 e. The minimum absolute atomic E-state index is 0.0398. The number of hydrogen-bond acceptors (Lipinski definition) is 4. The van der Waals surface area contributed by atoms with Crippen LogP contribution in [0.25, 0.3) is 0 Å². The molecule has 0 saturated carbocycles. The van der Waals surface area contributed by atoms with Crippen molar-refractivity contribution < 1.29 is 13.2 Å². The van der Waals surface area contributed by atoms with Gasteiger partial charge in [0.05, 0.1) is 4.90 Å². The number of para-hydroxylation sites is 1. The molecule has 1 heterocycles. The number of pyridine rings is 1. The summed E-state index contributed by atoms with van der Waals surface area (Å²) in [5, 5.41) is 2.85. The number of carbonyl (C=O) groups is 1. The molecule has 0 aliphatic rings. The lowest BCUT2D eigenvalue weighted by Crippen LogP contribution is -2.23. The molecule has 0 spiro atoms. The van der Waals surface area contributed by atoms with Crippen LogP contribution in [0.5, 0.6) is 0 Å². The third-order valence-corrected chi connectivity index (χ3v) is 5.67. The van der Waals surface area contributed by atoms with Crippen LogP contribution in [0.4, 0.5) is 5.69 Å². The molecule has 28 heavy (non-hydrogen) atoms. The fourth-order valence-corrected chi connectivity index (χ4v) is 3.78. The normalized spacial score (nSPS) is 11.2. The van der Waals surface area contributed by atoms with E-state index in [1.165, 1.54) is 12.1 Å². The SMILES string of the molecule is CCc1ccccc1NC(=O)c1cccc(S(=O)(=O)NCc2ccncc2)c1. The van der Waals surface area contributed by atoms with E-state index >= 15 is 0 Å². The summed E-state index contributed by atoms with van der Waals surface area (Å²) in [5.41, 5.74) is 2.80. The molecule has 1 amide bonds. The van der Waals surface area contributed by atoms with E-state index in [0.717, 1.165) is 23.2 Å². The highest BCUT2D eigenvalue weighted by Crippen LogP contribution is 2.18. The highest BCUT2D eigenvalue weighted by Gasteiger charge is 2.16. The topological polar surface area (TPSA) is 88.2 Å². The van der Waals surface area contributed by atoms with Crippen LogP contribution in [-0.2, 0) is 23.0 Å². The Bertz CT molecular complexity index is 1070. The van der Waals surface area contributed by atoms with Crippen molar-refractivity contribution in [1.82, 2.24) is 9.71 Å². The Morgan fingerprint density at radius 3 is 2.50 bits per heavy atom. The summed E-state index contributed by atoms with van der Waals surface area (Å²) in [6, 6.07) is 17.0. The lowest BCUT2D eigenvalue weighted by Gasteiger charge is -2.11. The van der Waals surface area contributed by atoms with Crippen LogP contribution in [0.3, 0.4) is 0 Å². The molecule has 0 aliphatic carbocycles. The van der Waals surface area contributed by atoms with Gasteiger partial charge in [0.15, 0.2) is 0 Å². The minimum atomic E-state index is -3.75. The van der Waals surface area contributed by atoms with E-state index in [9.17, 15) is 13.2 Å². The Hall–Kier alpha value is -3.03. The van der Waals surface area contributed by atoms with Crippen molar-refractivity contribution in [2.24, 2.45) is 0 Å². The van der Waals surface area contributed by atoms with Gasteiger partial charge >= 0.3 is 0 Å². The molecule has 0 unspecified atom stereocenters. The second-order valence-electron chi connectivity index (χ2n) is 6.17. The molecule has 1 aromatic heterocycles. The first-order chi connectivity index (χ1) is 13.5. The van der Waals surface area contributed by atoms with Crippen molar-refractivity contribution in [1.29, 1.82) is 0 Å². The zero-order chi connectivity index (χ0) is 20.0. The van der Waals surface area contributed by atoms with Crippen LogP contribution >= 0.6 is 0 Å². The van der Waals surface area contributed by atoms with Gasteiger partial charge in [-0.05, 0) is 53.9 Å². The maximum absolute atomic E-state index is 12.6. The first-order valence-electron chi connectivity index (χ1n) is 8.87. The molecule has 3 aromatic rings. The van der Waals surface area contributed by atoms with E-state index in [2.05, 4.69) is 15.0 Å². The first-order valence-corrected chi connectivity index (χ1v) is 10.4. The van der Waals surface area contributed by atoms with Crippen molar-refractivity contribution in [2.45, 2.75) is 24.8 Å². The van der Waals surface area contributed by atoms with E-state index < -0.39 is 10.0 Å². The molecule has 2 N–H and O–H groups in total. The fourth-order valence-electron chi connectivity index (χ4n) is 2.71. The average Bonchev–Trinajstić information content (AvgIpc) is 2.73. The van der Waals surface area contributed by atoms with Gasteiger partial charge in [0.25, 0.3) is 5.91 Å². The van der Waals surface area contributed by atoms with Gasteiger partial charge in [-0.15, -0.1) is 0 Å². The highest BCUT2D eigenvalue weighted by atomic mass is 32.2. The quantitative estimate of drug-likeness (QED) is 0.642. The van der Waals surface area contributed by atoms with Gasteiger partial charge in [0.1, 0.15) is 0 Å². The highest BCUT2D eigenvalue weighted by molar-refractivity contribution is 7.89. The van der Waals surface area contributed by atoms with Gasteiger partial charge in [-0.25, -0.2) is 13.1 Å². The number of benzene rings is 2. The van der Waals surface area contributed by atoms with Crippen LogP contribution in [-0.4, -0.2) is 19.3 Å². The Labute approximate surface area is 164 Å². The number of anilines is 1. The van der Waals surface area contributed by atoms with Crippen molar-refractivity contribution >= 4 is 21.6 Å². The van der Waals surface area contributed by atoms with E-state index in [-0.39, 0.29) is 22.9 Å². The molecule has 7 heteroatoms. The molecule has 6 nitrogen and oxygen atoms in total. The lowest BCUT2D eigenvalue weighted by atomic mass is 10.1. The Morgan fingerprint density at radius 1 is 1.00 bits per heavy atom. The third-order valence-electron chi connectivity index (χ3n) is 4.27. The van der Waals surface area contributed by atoms with E-state index in [1.807, 2.05) is 31.2 Å². The summed E-state index contributed by atoms with van der Waals surface area (Å²) in [6.07, 6.45) is 3.98. The van der Waals surface area contributed by atoms with Gasteiger partial charge in [-0.2, -0.15) is 0 Å². The molecule has 0 fully saturated rings. The van der Waals surface area contributed by atoms with E-state index in [4.69, 9.17) is 0 Å². The summed E-state index contributed by atoms with van der Waals surface area (Å²) in [7, 11) is -3.75. The Kier molecular flexibility index (Phi) is 6.18. The fraction of sp³-hybridized carbons (Fsp3) is 0.143. The summed E-state index contributed by atoms with van der Waals surface area (Å²) in [5.74, 6) is -0.355. The Morgan fingerprint density at radius 2 is 1.75 bits per heavy atom. The zero-order valence-electron chi connectivity index (χ0n) is 15.4. The summed E-state index contributed by atoms with van der Waals surface area (Å²) in [6.45, 7) is 2.15.